The second-order valence-electron chi connectivity index (χ2n) is 4.95. The Bertz CT molecular complexity index is 707. The minimum Gasteiger partial charge on any atom is -0.489 e. The van der Waals surface area contributed by atoms with Crippen molar-refractivity contribution in [2.45, 2.75) is 19.4 Å². The maximum atomic E-state index is 11.7. The predicted molar refractivity (Wildman–Crippen MR) is 76.5 cm³/mol. The minimum atomic E-state index is -0.434. The number of nitrogens with zero attached hydrogens (tertiary/aromatic N) is 1. The van der Waals surface area contributed by atoms with E-state index in [2.05, 4.69) is 0 Å². The predicted octanol–water partition coefficient (Wildman–Crippen LogP) is 3.30. The van der Waals surface area contributed by atoms with E-state index in [-0.39, 0.29) is 11.5 Å². The van der Waals surface area contributed by atoms with Crippen molar-refractivity contribution in [3.8, 4) is 5.75 Å². The lowest BCUT2D eigenvalue weighted by Gasteiger charge is -2.07. The molecule has 0 bridgehead atoms. The van der Waals surface area contributed by atoms with Crippen molar-refractivity contribution in [1.29, 1.82) is 0 Å². The molecule has 5 nitrogen and oxygen atoms in total. The Morgan fingerprint density at radius 3 is 2.57 bits per heavy atom. The average Bonchev–Trinajstić information content (AvgIpc) is 2.87. The third kappa shape index (κ3) is 2.76. The van der Waals surface area contributed by atoms with Gasteiger partial charge in [0.2, 0.25) is 0 Å². The first-order valence-corrected chi connectivity index (χ1v) is 6.66. The molecule has 0 saturated carbocycles. The number of rotatable bonds is 4. The fourth-order valence-corrected chi connectivity index (χ4v) is 2.39. The monoisotopic (exact) mass is 283 g/mol. The van der Waals surface area contributed by atoms with Crippen LogP contribution in [0, 0.1) is 10.1 Å². The maximum absolute atomic E-state index is 11.7. The van der Waals surface area contributed by atoms with Gasteiger partial charge in [0.1, 0.15) is 12.4 Å². The summed E-state index contributed by atoms with van der Waals surface area (Å²) in [6.07, 6.45) is 1.37. The average molecular weight is 283 g/mol. The molecule has 0 unspecified atom stereocenters. The molecule has 0 radical (unpaired) electrons. The summed E-state index contributed by atoms with van der Waals surface area (Å²) >= 11 is 0. The highest BCUT2D eigenvalue weighted by Crippen LogP contribution is 2.26. The first-order chi connectivity index (χ1) is 10.1. The largest absolute Gasteiger partial charge is 0.489 e. The van der Waals surface area contributed by atoms with Crippen LogP contribution in [-0.4, -0.2) is 10.7 Å². The van der Waals surface area contributed by atoms with Crippen LogP contribution in [0.5, 0.6) is 5.75 Å². The first-order valence-electron chi connectivity index (χ1n) is 6.66. The standard InChI is InChI=1S/C16H13NO4/c18-16-8-4-12-3-7-14(9-15(12)16)21-10-11-1-5-13(6-2-11)17(19)20/h1-3,5-7,9H,4,8,10H2. The number of hydrogen-bond donors (Lipinski definition) is 0. The summed E-state index contributed by atoms with van der Waals surface area (Å²) in [4.78, 5) is 21.8. The van der Waals surface area contributed by atoms with Crippen LogP contribution >= 0.6 is 0 Å². The number of hydrogen-bond acceptors (Lipinski definition) is 4. The number of nitro groups is 1. The zero-order valence-electron chi connectivity index (χ0n) is 11.2. The SMILES string of the molecule is O=C1CCc2ccc(OCc3ccc([N+](=O)[O-])cc3)cc21. The molecule has 0 aromatic heterocycles. The van der Waals surface area contributed by atoms with E-state index in [0.717, 1.165) is 23.1 Å². The zero-order valence-corrected chi connectivity index (χ0v) is 11.2. The van der Waals surface area contributed by atoms with Crippen LogP contribution in [0.2, 0.25) is 0 Å². The lowest BCUT2D eigenvalue weighted by Crippen LogP contribution is -1.98. The van der Waals surface area contributed by atoms with Crippen molar-refractivity contribution in [3.63, 3.8) is 0 Å². The van der Waals surface area contributed by atoms with E-state index >= 15 is 0 Å². The smallest absolute Gasteiger partial charge is 0.269 e. The van der Waals surface area contributed by atoms with Crippen LogP contribution < -0.4 is 4.74 Å². The molecule has 5 heteroatoms. The Balaban J connectivity index is 1.69. The van der Waals surface area contributed by atoms with Gasteiger partial charge in [0.05, 0.1) is 4.92 Å². The lowest BCUT2D eigenvalue weighted by atomic mass is 10.1. The van der Waals surface area contributed by atoms with E-state index in [9.17, 15) is 14.9 Å². The van der Waals surface area contributed by atoms with Gasteiger partial charge in [-0.05, 0) is 41.8 Å². The van der Waals surface area contributed by atoms with Crippen LogP contribution in [-0.2, 0) is 13.0 Å². The second-order valence-corrected chi connectivity index (χ2v) is 4.95. The topological polar surface area (TPSA) is 69.4 Å². The summed E-state index contributed by atoms with van der Waals surface area (Å²) in [5.74, 6) is 0.799. The quantitative estimate of drug-likeness (QED) is 0.637. The van der Waals surface area contributed by atoms with Gasteiger partial charge in [-0.25, -0.2) is 0 Å². The summed E-state index contributed by atoms with van der Waals surface area (Å²) in [5, 5.41) is 10.6. The fraction of sp³-hybridized carbons (Fsp3) is 0.188. The van der Waals surface area contributed by atoms with E-state index in [1.54, 1.807) is 18.2 Å². The molecule has 3 rings (SSSR count). The van der Waals surface area contributed by atoms with Gasteiger partial charge in [0.25, 0.3) is 5.69 Å². The molecule has 0 N–H and O–H groups in total. The van der Waals surface area contributed by atoms with Crippen LogP contribution in [0.3, 0.4) is 0 Å². The van der Waals surface area contributed by atoms with E-state index in [4.69, 9.17) is 4.74 Å². The highest BCUT2D eigenvalue weighted by molar-refractivity contribution is 6.00. The number of carbonyl (C=O) groups is 1. The highest BCUT2D eigenvalue weighted by Gasteiger charge is 2.19. The van der Waals surface area contributed by atoms with Gasteiger partial charge in [0.15, 0.2) is 5.78 Å². The fourth-order valence-electron chi connectivity index (χ4n) is 2.39. The molecule has 2 aromatic carbocycles. The zero-order chi connectivity index (χ0) is 14.8. The first kappa shape index (κ1) is 13.3. The summed E-state index contributed by atoms with van der Waals surface area (Å²) in [6, 6.07) is 11.8. The molecule has 0 aliphatic heterocycles. The van der Waals surface area contributed by atoms with Crippen LogP contribution in [0.25, 0.3) is 0 Å². The van der Waals surface area contributed by atoms with E-state index in [1.807, 2.05) is 12.1 Å². The van der Waals surface area contributed by atoms with Gasteiger partial charge in [-0.2, -0.15) is 0 Å². The number of nitro benzene ring substituents is 1. The summed E-state index contributed by atoms with van der Waals surface area (Å²) in [6.45, 7) is 0.310. The molecule has 1 aliphatic carbocycles. The Kier molecular flexibility index (Phi) is 3.39. The molecule has 21 heavy (non-hydrogen) atoms. The Morgan fingerprint density at radius 2 is 1.86 bits per heavy atom. The van der Waals surface area contributed by atoms with Crippen molar-refractivity contribution in [1.82, 2.24) is 0 Å². The molecule has 0 atom stereocenters. The van der Waals surface area contributed by atoms with Gasteiger partial charge in [0, 0.05) is 24.1 Å². The third-order valence-corrected chi connectivity index (χ3v) is 3.56. The molecule has 0 fully saturated rings. The minimum absolute atomic E-state index is 0.0573. The van der Waals surface area contributed by atoms with Gasteiger partial charge in [-0.15, -0.1) is 0 Å². The number of ether oxygens (including phenoxy) is 1. The Hall–Kier alpha value is -2.69. The molecule has 2 aromatic rings. The summed E-state index contributed by atoms with van der Waals surface area (Å²) in [5.41, 5.74) is 2.72. The number of aryl methyl sites for hydroxylation is 1. The second kappa shape index (κ2) is 5.36. The number of benzene rings is 2. The van der Waals surface area contributed by atoms with E-state index in [1.165, 1.54) is 12.1 Å². The van der Waals surface area contributed by atoms with E-state index < -0.39 is 4.92 Å². The van der Waals surface area contributed by atoms with Gasteiger partial charge in [-0.1, -0.05) is 6.07 Å². The number of ketones is 1. The Morgan fingerprint density at radius 1 is 1.10 bits per heavy atom. The molecular weight excluding hydrogens is 270 g/mol. The normalized spacial score (nSPS) is 13.0. The Labute approximate surface area is 121 Å². The van der Waals surface area contributed by atoms with Crippen molar-refractivity contribution in [3.05, 3.63) is 69.3 Å². The molecule has 0 spiro atoms. The number of Topliss-reactive ketones (excluding diaryl/α,β-unsaturated/α-hetero) is 1. The van der Waals surface area contributed by atoms with Gasteiger partial charge < -0.3 is 4.74 Å². The molecule has 0 amide bonds. The molecule has 0 saturated heterocycles. The summed E-state index contributed by atoms with van der Waals surface area (Å²) < 4.78 is 5.64. The van der Waals surface area contributed by atoms with Crippen molar-refractivity contribution < 1.29 is 14.5 Å². The molecular formula is C16H13NO4. The van der Waals surface area contributed by atoms with Crippen LogP contribution in [0.1, 0.15) is 27.9 Å². The van der Waals surface area contributed by atoms with Gasteiger partial charge in [-0.3, -0.25) is 14.9 Å². The molecule has 106 valence electrons. The number of carbonyl (C=O) groups excluding carboxylic acids is 1. The lowest BCUT2D eigenvalue weighted by molar-refractivity contribution is -0.384. The molecule has 1 aliphatic rings. The number of non-ortho nitro benzene ring substituents is 1. The van der Waals surface area contributed by atoms with Gasteiger partial charge >= 0.3 is 0 Å². The van der Waals surface area contributed by atoms with Crippen LogP contribution in [0.15, 0.2) is 42.5 Å². The van der Waals surface area contributed by atoms with E-state index in [0.29, 0.717) is 18.8 Å². The third-order valence-electron chi connectivity index (χ3n) is 3.56. The van der Waals surface area contributed by atoms with Crippen LogP contribution in [0.4, 0.5) is 5.69 Å². The number of fused-ring (bicyclic) bond motifs is 1. The summed E-state index contributed by atoms with van der Waals surface area (Å²) in [7, 11) is 0. The highest BCUT2D eigenvalue weighted by atomic mass is 16.6. The molecule has 0 heterocycles. The van der Waals surface area contributed by atoms with Crippen molar-refractivity contribution >= 4 is 11.5 Å². The van der Waals surface area contributed by atoms with Crippen molar-refractivity contribution in [2.75, 3.05) is 0 Å². The maximum Gasteiger partial charge on any atom is 0.269 e. The van der Waals surface area contributed by atoms with Crippen molar-refractivity contribution in [2.24, 2.45) is 0 Å².